The Morgan fingerprint density at radius 2 is 1.71 bits per heavy atom. The van der Waals surface area contributed by atoms with Crippen molar-refractivity contribution in [2.45, 2.75) is 18.0 Å². The van der Waals surface area contributed by atoms with E-state index in [0.717, 1.165) is 12.1 Å². The van der Waals surface area contributed by atoms with Crippen molar-refractivity contribution in [1.29, 1.82) is 0 Å². The summed E-state index contributed by atoms with van der Waals surface area (Å²) in [5, 5.41) is 2.50. The molecule has 0 spiro atoms. The summed E-state index contributed by atoms with van der Waals surface area (Å²) >= 11 is 0. The molecule has 0 aliphatic carbocycles. The van der Waals surface area contributed by atoms with E-state index < -0.39 is 39.1 Å². The number of amides is 1. The molecule has 10 heteroatoms. The highest BCUT2D eigenvalue weighted by Crippen LogP contribution is 2.35. The number of nitrogens with zero attached hydrogens (tertiary/aromatic N) is 1. The van der Waals surface area contributed by atoms with E-state index in [1.54, 1.807) is 24.3 Å². The average molecular weight is 416 g/mol. The van der Waals surface area contributed by atoms with Gasteiger partial charge in [0.1, 0.15) is 5.75 Å². The molecule has 0 aromatic heterocycles. The van der Waals surface area contributed by atoms with Crippen molar-refractivity contribution in [1.82, 2.24) is 4.31 Å². The second kappa shape index (κ2) is 8.61. The first-order valence-corrected chi connectivity index (χ1v) is 9.64. The number of carbonyl (C=O) groups excluding carboxylic acids is 1. The van der Waals surface area contributed by atoms with Crippen LogP contribution in [-0.2, 0) is 21.0 Å². The monoisotopic (exact) mass is 416 g/mol. The number of benzene rings is 2. The molecular weight excluding hydrogens is 397 g/mol. The first kappa shape index (κ1) is 21.7. The summed E-state index contributed by atoms with van der Waals surface area (Å²) in [4.78, 5) is 11.3. The summed E-state index contributed by atoms with van der Waals surface area (Å²) in [6, 6.07) is 10.2. The minimum Gasteiger partial charge on any atom is -0.497 e. The van der Waals surface area contributed by atoms with Gasteiger partial charge in [0.2, 0.25) is 15.9 Å². The van der Waals surface area contributed by atoms with Crippen LogP contribution >= 0.6 is 0 Å². The number of halogens is 3. The van der Waals surface area contributed by atoms with Gasteiger partial charge in [-0.15, -0.1) is 0 Å². The molecule has 2 aromatic carbocycles. The second-order valence-corrected chi connectivity index (χ2v) is 7.61. The van der Waals surface area contributed by atoms with Crippen molar-refractivity contribution in [3.63, 3.8) is 0 Å². The van der Waals surface area contributed by atoms with Gasteiger partial charge in [-0.05, 0) is 36.4 Å². The van der Waals surface area contributed by atoms with Crippen molar-refractivity contribution in [3.05, 3.63) is 54.1 Å². The van der Waals surface area contributed by atoms with Crippen molar-refractivity contribution < 1.29 is 31.1 Å². The fourth-order valence-electron chi connectivity index (χ4n) is 2.47. The Morgan fingerprint density at radius 1 is 1.11 bits per heavy atom. The number of alkyl halides is 3. The Labute approximate surface area is 161 Å². The molecule has 0 heterocycles. The smallest absolute Gasteiger partial charge is 0.417 e. The Balaban J connectivity index is 2.23. The number of likely N-dealkylation sites (N-methyl/N-ethyl adjacent to an activating group) is 1. The summed E-state index contributed by atoms with van der Waals surface area (Å²) < 4.78 is 70.7. The van der Waals surface area contributed by atoms with E-state index >= 15 is 0 Å². The van der Waals surface area contributed by atoms with Crippen molar-refractivity contribution >= 4 is 21.6 Å². The van der Waals surface area contributed by atoms with E-state index in [1.165, 1.54) is 20.1 Å². The summed E-state index contributed by atoms with van der Waals surface area (Å²) in [5.74, 6) is -0.111. The Bertz CT molecular complexity index is 929. The molecule has 0 fully saturated rings. The fourth-order valence-corrected chi connectivity index (χ4v) is 4.08. The van der Waals surface area contributed by atoms with Crippen molar-refractivity contribution in [2.24, 2.45) is 0 Å². The third-order valence-corrected chi connectivity index (χ3v) is 5.84. The number of methoxy groups -OCH3 is 1. The summed E-state index contributed by atoms with van der Waals surface area (Å²) in [7, 11) is -3.05. The molecule has 0 saturated carbocycles. The van der Waals surface area contributed by atoms with Gasteiger partial charge in [-0.3, -0.25) is 4.79 Å². The first-order valence-electron chi connectivity index (χ1n) is 8.20. The zero-order chi connectivity index (χ0) is 20.9. The molecule has 2 aromatic rings. The standard InChI is InChI=1S/C18H19F3N2O4S/c1-3-23(12-17(24)22-13-8-10-14(27-2)11-9-13)28(25,26)16-7-5-4-6-15(16)18(19,20)21/h4-11H,3,12H2,1-2H3,(H,22,24). The van der Waals surface area contributed by atoms with Crippen LogP contribution in [0.2, 0.25) is 0 Å². The lowest BCUT2D eigenvalue weighted by Crippen LogP contribution is -2.38. The van der Waals surface area contributed by atoms with Crippen LogP contribution < -0.4 is 10.1 Å². The van der Waals surface area contributed by atoms with E-state index in [9.17, 15) is 26.4 Å². The van der Waals surface area contributed by atoms with Crippen LogP contribution in [-0.4, -0.2) is 38.8 Å². The second-order valence-electron chi connectivity index (χ2n) is 5.70. The quantitative estimate of drug-likeness (QED) is 0.751. The average Bonchev–Trinajstić information content (AvgIpc) is 2.66. The fraction of sp³-hybridized carbons (Fsp3) is 0.278. The minimum absolute atomic E-state index is 0.176. The van der Waals surface area contributed by atoms with E-state index in [0.29, 0.717) is 21.8 Å². The molecule has 0 aliphatic rings. The predicted octanol–water partition coefficient (Wildman–Crippen LogP) is 3.36. The van der Waals surface area contributed by atoms with E-state index in [-0.39, 0.29) is 6.54 Å². The van der Waals surface area contributed by atoms with E-state index in [2.05, 4.69) is 5.32 Å². The SMILES string of the molecule is CCN(CC(=O)Nc1ccc(OC)cc1)S(=O)(=O)c1ccccc1C(F)(F)F. The van der Waals surface area contributed by atoms with Crippen LogP contribution in [0.5, 0.6) is 5.75 Å². The zero-order valence-corrected chi connectivity index (χ0v) is 16.0. The van der Waals surface area contributed by atoms with Gasteiger partial charge in [0.25, 0.3) is 0 Å². The maximum atomic E-state index is 13.2. The van der Waals surface area contributed by atoms with Gasteiger partial charge in [0, 0.05) is 12.2 Å². The third-order valence-electron chi connectivity index (χ3n) is 3.86. The number of carbonyl (C=O) groups is 1. The zero-order valence-electron chi connectivity index (χ0n) is 15.2. The molecule has 1 N–H and O–H groups in total. The number of hydrogen-bond donors (Lipinski definition) is 1. The van der Waals surface area contributed by atoms with Crippen molar-refractivity contribution in [2.75, 3.05) is 25.5 Å². The van der Waals surface area contributed by atoms with Gasteiger partial charge in [0.15, 0.2) is 0 Å². The maximum absolute atomic E-state index is 13.2. The first-order chi connectivity index (χ1) is 13.1. The number of anilines is 1. The molecule has 0 unspecified atom stereocenters. The van der Waals surface area contributed by atoms with Crippen LogP contribution in [0.15, 0.2) is 53.4 Å². The van der Waals surface area contributed by atoms with Crippen LogP contribution in [0.1, 0.15) is 12.5 Å². The van der Waals surface area contributed by atoms with Crippen LogP contribution in [0.3, 0.4) is 0 Å². The molecule has 0 bridgehead atoms. The summed E-state index contributed by atoms with van der Waals surface area (Å²) in [5.41, 5.74) is -0.876. The normalized spacial score (nSPS) is 12.1. The number of nitrogens with one attached hydrogen (secondary N) is 1. The molecule has 28 heavy (non-hydrogen) atoms. The van der Waals surface area contributed by atoms with Crippen LogP contribution in [0.25, 0.3) is 0 Å². The van der Waals surface area contributed by atoms with E-state index in [1.807, 2.05) is 0 Å². The van der Waals surface area contributed by atoms with E-state index in [4.69, 9.17) is 4.74 Å². The Kier molecular flexibility index (Phi) is 6.68. The number of hydrogen-bond acceptors (Lipinski definition) is 4. The molecule has 0 atom stereocenters. The lowest BCUT2D eigenvalue weighted by molar-refractivity contribution is -0.139. The molecule has 6 nitrogen and oxygen atoms in total. The minimum atomic E-state index is -4.84. The lowest BCUT2D eigenvalue weighted by Gasteiger charge is -2.22. The van der Waals surface area contributed by atoms with Gasteiger partial charge in [0.05, 0.1) is 24.1 Å². The van der Waals surface area contributed by atoms with Gasteiger partial charge in [-0.2, -0.15) is 17.5 Å². The molecule has 2 rings (SSSR count). The number of rotatable bonds is 7. The molecule has 1 amide bonds. The molecule has 152 valence electrons. The van der Waals surface area contributed by atoms with Gasteiger partial charge >= 0.3 is 6.18 Å². The van der Waals surface area contributed by atoms with Gasteiger partial charge in [-0.25, -0.2) is 8.42 Å². The predicted molar refractivity (Wildman–Crippen MR) is 97.5 cm³/mol. The largest absolute Gasteiger partial charge is 0.497 e. The topological polar surface area (TPSA) is 75.7 Å². The maximum Gasteiger partial charge on any atom is 0.417 e. The number of sulfonamides is 1. The Morgan fingerprint density at radius 3 is 2.25 bits per heavy atom. The highest BCUT2D eigenvalue weighted by Gasteiger charge is 2.38. The summed E-state index contributed by atoms with van der Waals surface area (Å²) in [6.07, 6.45) is -4.84. The van der Waals surface area contributed by atoms with Crippen LogP contribution in [0.4, 0.5) is 18.9 Å². The lowest BCUT2D eigenvalue weighted by atomic mass is 10.2. The van der Waals surface area contributed by atoms with Crippen molar-refractivity contribution in [3.8, 4) is 5.75 Å². The molecule has 0 aliphatic heterocycles. The highest BCUT2D eigenvalue weighted by atomic mass is 32.2. The highest BCUT2D eigenvalue weighted by molar-refractivity contribution is 7.89. The molecular formula is C18H19F3N2O4S. The Hall–Kier alpha value is -2.59. The number of ether oxygens (including phenoxy) is 1. The van der Waals surface area contributed by atoms with Gasteiger partial charge < -0.3 is 10.1 Å². The third kappa shape index (κ3) is 5.02. The molecule has 0 saturated heterocycles. The van der Waals surface area contributed by atoms with Crippen LogP contribution in [0, 0.1) is 0 Å². The molecule has 0 radical (unpaired) electrons. The summed E-state index contributed by atoms with van der Waals surface area (Å²) in [6.45, 7) is 0.635. The van der Waals surface area contributed by atoms with Gasteiger partial charge in [-0.1, -0.05) is 19.1 Å².